The van der Waals surface area contributed by atoms with Crippen molar-refractivity contribution in [1.82, 2.24) is 5.48 Å². The number of nitrogens with one attached hydrogen (secondary N) is 1. The van der Waals surface area contributed by atoms with Crippen molar-refractivity contribution in [2.24, 2.45) is 0 Å². The number of hydroxylamine groups is 1. The smallest absolute Gasteiger partial charge is 0.289 e. The van der Waals surface area contributed by atoms with E-state index >= 15 is 0 Å². The third-order valence-electron chi connectivity index (χ3n) is 4.26. The van der Waals surface area contributed by atoms with Crippen LogP contribution in [0.15, 0.2) is 78.9 Å². The minimum Gasteiger partial charge on any atom is -0.289 e. The number of nitrogens with zero attached hydrogens (tertiary/aromatic N) is 1. The molecule has 0 aliphatic rings. The van der Waals surface area contributed by atoms with Gasteiger partial charge in [-0.05, 0) is 47.5 Å². The van der Waals surface area contributed by atoms with Gasteiger partial charge in [0.15, 0.2) is 0 Å². The summed E-state index contributed by atoms with van der Waals surface area (Å²) in [5, 5.41) is 9.10. The quantitative estimate of drug-likeness (QED) is 0.324. The maximum Gasteiger partial charge on any atom is 0.364 e. The molecule has 1 unspecified atom stereocenters. The van der Waals surface area contributed by atoms with Crippen molar-refractivity contribution in [3.8, 4) is 0 Å². The fourth-order valence-corrected chi connectivity index (χ4v) is 3.78. The molecule has 29 heavy (non-hydrogen) atoms. The molecule has 1 atom stereocenters. The number of rotatable bonds is 6. The molecular formula is C20H17FN2O5S. The first-order chi connectivity index (χ1) is 13.8. The second kappa shape index (κ2) is 8.39. The lowest BCUT2D eigenvalue weighted by Gasteiger charge is -2.22. The average molecular weight is 416 g/mol. The lowest BCUT2D eigenvalue weighted by atomic mass is 9.90. The third kappa shape index (κ3) is 4.60. The summed E-state index contributed by atoms with van der Waals surface area (Å²) in [7, 11) is -4.70. The van der Waals surface area contributed by atoms with Gasteiger partial charge in [-0.2, -0.15) is 8.42 Å². The molecule has 9 heteroatoms. The fourth-order valence-electron chi connectivity index (χ4n) is 3.00. The first-order valence-corrected chi connectivity index (χ1v) is 9.83. The topological polar surface area (TPSA) is 107 Å². The average Bonchev–Trinajstić information content (AvgIpc) is 2.71. The van der Waals surface area contributed by atoms with E-state index in [1.165, 1.54) is 36.4 Å². The summed E-state index contributed by atoms with van der Waals surface area (Å²) in [5.41, 5.74) is 2.86. The highest BCUT2D eigenvalue weighted by Gasteiger charge is 2.25. The molecule has 3 aromatic rings. The van der Waals surface area contributed by atoms with Gasteiger partial charge >= 0.3 is 10.3 Å². The van der Waals surface area contributed by atoms with E-state index in [4.69, 9.17) is 5.21 Å². The molecule has 3 rings (SSSR count). The molecule has 0 saturated carbocycles. The van der Waals surface area contributed by atoms with Crippen molar-refractivity contribution in [2.75, 3.05) is 4.31 Å². The van der Waals surface area contributed by atoms with Crippen LogP contribution in [0, 0.1) is 5.82 Å². The Labute approximate surface area is 166 Å². The molecule has 0 aliphatic heterocycles. The van der Waals surface area contributed by atoms with Crippen LogP contribution in [-0.2, 0) is 15.1 Å². The van der Waals surface area contributed by atoms with Crippen LogP contribution in [0.1, 0.15) is 17.0 Å². The van der Waals surface area contributed by atoms with Crippen LogP contribution in [-0.4, -0.2) is 24.1 Å². The summed E-state index contributed by atoms with van der Waals surface area (Å²) in [6, 6.07) is 19.1. The van der Waals surface area contributed by atoms with Gasteiger partial charge in [-0.15, -0.1) is 0 Å². The van der Waals surface area contributed by atoms with Crippen molar-refractivity contribution < 1.29 is 27.4 Å². The number of amides is 1. The van der Waals surface area contributed by atoms with Crippen LogP contribution in [0.5, 0.6) is 0 Å². The molecule has 0 spiro atoms. The Hall–Kier alpha value is -3.27. The van der Waals surface area contributed by atoms with Crippen molar-refractivity contribution >= 4 is 27.6 Å². The predicted molar refractivity (Wildman–Crippen MR) is 105 cm³/mol. The highest BCUT2D eigenvalue weighted by molar-refractivity contribution is 7.87. The van der Waals surface area contributed by atoms with E-state index in [1.807, 2.05) is 0 Å². The van der Waals surface area contributed by atoms with E-state index in [9.17, 15) is 22.2 Å². The summed E-state index contributed by atoms with van der Waals surface area (Å²) < 4.78 is 47.3. The molecule has 0 bridgehead atoms. The van der Waals surface area contributed by atoms with Gasteiger partial charge in [0, 0.05) is 0 Å². The molecule has 0 aliphatic carbocycles. The zero-order chi connectivity index (χ0) is 21.0. The molecule has 0 fully saturated rings. The maximum atomic E-state index is 13.2. The monoisotopic (exact) mass is 416 g/mol. The van der Waals surface area contributed by atoms with Crippen LogP contribution in [0.3, 0.4) is 0 Å². The zero-order valence-electron chi connectivity index (χ0n) is 14.9. The standard InChI is InChI=1S/C20H17FN2O5S/c21-16-8-12-18(13-9-16)23(29(26,27)28)17-10-6-15(7-11-17)19(20(24)22-25)14-4-2-1-3-5-14/h1-13,19,25H,(H,22,24)(H,26,27,28). The fraction of sp³-hybridized carbons (Fsp3) is 0.0500. The van der Waals surface area contributed by atoms with Crippen LogP contribution < -0.4 is 9.79 Å². The van der Waals surface area contributed by atoms with Gasteiger partial charge in [0.25, 0.3) is 5.91 Å². The molecule has 3 N–H and O–H groups in total. The number of hydrogen-bond acceptors (Lipinski definition) is 4. The van der Waals surface area contributed by atoms with E-state index in [0.717, 1.165) is 12.1 Å². The van der Waals surface area contributed by atoms with Gasteiger partial charge in [-0.1, -0.05) is 42.5 Å². The number of carbonyl (C=O) groups is 1. The molecule has 0 heterocycles. The molecular weight excluding hydrogens is 399 g/mol. The number of halogens is 1. The molecule has 7 nitrogen and oxygen atoms in total. The number of hydrogen-bond donors (Lipinski definition) is 3. The first kappa shape index (κ1) is 20.5. The van der Waals surface area contributed by atoms with Crippen LogP contribution >= 0.6 is 0 Å². The zero-order valence-corrected chi connectivity index (χ0v) is 15.8. The lowest BCUT2D eigenvalue weighted by Crippen LogP contribution is -2.27. The molecule has 3 aromatic carbocycles. The van der Waals surface area contributed by atoms with Crippen molar-refractivity contribution in [3.63, 3.8) is 0 Å². The van der Waals surface area contributed by atoms with E-state index in [-0.39, 0.29) is 11.4 Å². The normalized spacial score (nSPS) is 12.2. The van der Waals surface area contributed by atoms with Crippen LogP contribution in [0.25, 0.3) is 0 Å². The van der Waals surface area contributed by atoms with Gasteiger partial charge in [-0.3, -0.25) is 14.6 Å². The Kier molecular flexibility index (Phi) is 5.92. The van der Waals surface area contributed by atoms with E-state index in [1.54, 1.807) is 35.8 Å². The Balaban J connectivity index is 2.02. The first-order valence-electron chi connectivity index (χ1n) is 8.43. The Morgan fingerprint density at radius 1 is 0.862 bits per heavy atom. The molecule has 150 valence electrons. The van der Waals surface area contributed by atoms with Gasteiger partial charge in [0.2, 0.25) is 0 Å². The Morgan fingerprint density at radius 3 is 1.83 bits per heavy atom. The van der Waals surface area contributed by atoms with Gasteiger partial charge in [-0.25, -0.2) is 14.2 Å². The highest BCUT2D eigenvalue weighted by atomic mass is 32.2. The predicted octanol–water partition coefficient (Wildman–Crippen LogP) is 3.40. The molecule has 1 amide bonds. The summed E-state index contributed by atoms with van der Waals surface area (Å²) >= 11 is 0. The van der Waals surface area contributed by atoms with E-state index in [0.29, 0.717) is 15.4 Å². The van der Waals surface area contributed by atoms with Crippen LogP contribution in [0.2, 0.25) is 0 Å². The minimum atomic E-state index is -4.70. The third-order valence-corrected chi connectivity index (χ3v) is 5.14. The summed E-state index contributed by atoms with van der Waals surface area (Å²) in [6.07, 6.45) is 0. The van der Waals surface area contributed by atoms with Crippen molar-refractivity contribution in [3.05, 3.63) is 95.8 Å². The Bertz CT molecular complexity index is 1090. The number of benzene rings is 3. The summed E-state index contributed by atoms with van der Waals surface area (Å²) in [5.74, 6) is -2.05. The SMILES string of the molecule is O=C(NO)C(c1ccccc1)c1ccc(N(c2ccc(F)cc2)S(=O)(=O)O)cc1. The summed E-state index contributed by atoms with van der Waals surface area (Å²) in [4.78, 5) is 12.2. The second-order valence-electron chi connectivity index (χ2n) is 6.13. The second-order valence-corrected chi connectivity index (χ2v) is 7.39. The van der Waals surface area contributed by atoms with Crippen molar-refractivity contribution in [2.45, 2.75) is 5.92 Å². The summed E-state index contributed by atoms with van der Waals surface area (Å²) in [6.45, 7) is 0. The lowest BCUT2D eigenvalue weighted by molar-refractivity contribution is -0.129. The van der Waals surface area contributed by atoms with Gasteiger partial charge in [0.05, 0.1) is 17.3 Å². The van der Waals surface area contributed by atoms with E-state index < -0.39 is 27.9 Å². The maximum absolute atomic E-state index is 13.2. The largest absolute Gasteiger partial charge is 0.364 e. The van der Waals surface area contributed by atoms with Gasteiger partial charge < -0.3 is 0 Å². The van der Waals surface area contributed by atoms with Gasteiger partial charge in [0.1, 0.15) is 5.82 Å². The molecule has 0 saturated heterocycles. The van der Waals surface area contributed by atoms with E-state index in [2.05, 4.69) is 0 Å². The number of carbonyl (C=O) groups excluding carboxylic acids is 1. The highest BCUT2D eigenvalue weighted by Crippen LogP contribution is 2.31. The molecule has 0 aromatic heterocycles. The molecule has 0 radical (unpaired) electrons. The van der Waals surface area contributed by atoms with Crippen LogP contribution in [0.4, 0.5) is 15.8 Å². The minimum absolute atomic E-state index is 0.0364. The number of anilines is 2. The Morgan fingerprint density at radius 2 is 1.34 bits per heavy atom. The van der Waals surface area contributed by atoms with Crippen molar-refractivity contribution in [1.29, 1.82) is 0 Å².